The van der Waals surface area contributed by atoms with Crippen LogP contribution in [-0.2, 0) is 13.2 Å². The summed E-state index contributed by atoms with van der Waals surface area (Å²) in [6.07, 6.45) is 0. The van der Waals surface area contributed by atoms with E-state index in [4.69, 9.17) is 4.74 Å². The van der Waals surface area contributed by atoms with Gasteiger partial charge in [-0.25, -0.2) is 0 Å². The molecule has 0 aliphatic carbocycles. The van der Waals surface area contributed by atoms with Crippen LogP contribution in [-0.4, -0.2) is 19.2 Å². The van der Waals surface area contributed by atoms with Crippen molar-refractivity contribution in [1.82, 2.24) is 19.2 Å². The van der Waals surface area contributed by atoms with Gasteiger partial charge in [0.15, 0.2) is 5.82 Å². The molecule has 0 spiro atoms. The molecule has 0 saturated heterocycles. The minimum Gasteiger partial charge on any atom is -0.486 e. The molecule has 0 aliphatic heterocycles. The number of fused-ring (bicyclic) bond motifs is 3. The largest absolute Gasteiger partial charge is 0.486 e. The highest BCUT2D eigenvalue weighted by Crippen LogP contribution is 2.18. The third kappa shape index (κ3) is 2.78. The molecule has 7 heteroatoms. The first kappa shape index (κ1) is 16.1. The lowest BCUT2D eigenvalue weighted by Gasteiger charge is -2.10. The van der Waals surface area contributed by atoms with Gasteiger partial charge in [0.2, 0.25) is 5.78 Å². The summed E-state index contributed by atoms with van der Waals surface area (Å²) in [5.41, 5.74) is 0.738. The molecule has 4 aromatic rings. The van der Waals surface area contributed by atoms with Crippen molar-refractivity contribution in [3.05, 3.63) is 68.3 Å². The minimum atomic E-state index is -0.0527. The highest BCUT2D eigenvalue weighted by molar-refractivity contribution is 14.1. The van der Waals surface area contributed by atoms with Gasteiger partial charge in [-0.15, -0.1) is 10.2 Å². The van der Waals surface area contributed by atoms with Gasteiger partial charge >= 0.3 is 0 Å². The van der Waals surface area contributed by atoms with Crippen LogP contribution in [0.1, 0.15) is 12.7 Å². The molecule has 4 rings (SSSR count). The molecule has 6 nitrogen and oxygen atoms in total. The fourth-order valence-corrected chi connectivity index (χ4v) is 3.41. The number of para-hydroxylation sites is 1. The predicted octanol–water partition coefficient (Wildman–Crippen LogP) is 3.25. The smallest absolute Gasteiger partial charge is 0.262 e. The van der Waals surface area contributed by atoms with Crippen LogP contribution >= 0.6 is 22.6 Å². The number of benzene rings is 2. The van der Waals surface area contributed by atoms with Crippen molar-refractivity contribution in [2.24, 2.45) is 0 Å². The Kier molecular flexibility index (Phi) is 4.16. The Morgan fingerprint density at radius 3 is 2.76 bits per heavy atom. The molecule has 0 N–H and O–H groups in total. The molecule has 25 heavy (non-hydrogen) atoms. The summed E-state index contributed by atoms with van der Waals surface area (Å²) in [6.45, 7) is 2.73. The maximum atomic E-state index is 12.6. The van der Waals surface area contributed by atoms with Crippen LogP contribution in [0.4, 0.5) is 0 Å². The third-order valence-electron chi connectivity index (χ3n) is 4.06. The molecule has 0 radical (unpaired) electrons. The average molecular weight is 446 g/mol. The van der Waals surface area contributed by atoms with Crippen molar-refractivity contribution in [3.8, 4) is 5.75 Å². The van der Waals surface area contributed by atoms with Crippen LogP contribution in [0, 0.1) is 3.57 Å². The average Bonchev–Trinajstić information content (AvgIpc) is 3.04. The van der Waals surface area contributed by atoms with Gasteiger partial charge in [0.25, 0.3) is 5.56 Å². The Hall–Kier alpha value is -2.42. The van der Waals surface area contributed by atoms with Crippen LogP contribution in [0.5, 0.6) is 5.75 Å². The number of nitrogens with zero attached hydrogens (tertiary/aromatic N) is 4. The molecule has 0 aliphatic rings. The Labute approximate surface area is 157 Å². The number of ether oxygens (including phenoxy) is 1. The van der Waals surface area contributed by atoms with Crippen LogP contribution in [0.15, 0.2) is 53.3 Å². The first-order chi connectivity index (χ1) is 12.2. The number of halogens is 1. The second-order valence-corrected chi connectivity index (χ2v) is 6.81. The summed E-state index contributed by atoms with van der Waals surface area (Å²) < 4.78 is 10.5. The molecule has 0 fully saturated rings. The van der Waals surface area contributed by atoms with Crippen molar-refractivity contribution in [1.29, 1.82) is 0 Å². The highest BCUT2D eigenvalue weighted by Gasteiger charge is 2.15. The van der Waals surface area contributed by atoms with Crippen molar-refractivity contribution >= 4 is 39.3 Å². The second kappa shape index (κ2) is 6.47. The van der Waals surface area contributed by atoms with Crippen molar-refractivity contribution in [3.63, 3.8) is 0 Å². The summed E-state index contributed by atoms with van der Waals surface area (Å²) in [7, 11) is 0. The topological polar surface area (TPSA) is 61.4 Å². The molecule has 0 saturated carbocycles. The van der Waals surface area contributed by atoms with Gasteiger partial charge in [-0.3, -0.25) is 13.8 Å². The molecule has 0 unspecified atom stereocenters. The van der Waals surface area contributed by atoms with E-state index in [0.29, 0.717) is 23.5 Å². The molecule has 2 aromatic heterocycles. The van der Waals surface area contributed by atoms with E-state index >= 15 is 0 Å². The van der Waals surface area contributed by atoms with Crippen molar-refractivity contribution < 1.29 is 4.74 Å². The lowest BCUT2D eigenvalue weighted by atomic mass is 10.2. The van der Waals surface area contributed by atoms with Gasteiger partial charge in [-0.1, -0.05) is 18.2 Å². The van der Waals surface area contributed by atoms with Gasteiger partial charge in [0.1, 0.15) is 12.4 Å². The van der Waals surface area contributed by atoms with Crippen LogP contribution < -0.4 is 10.3 Å². The van der Waals surface area contributed by atoms with Gasteiger partial charge in [0.05, 0.1) is 10.9 Å². The Morgan fingerprint density at radius 1 is 1.12 bits per heavy atom. The molecule has 0 atom stereocenters. The van der Waals surface area contributed by atoms with E-state index in [1.165, 1.54) is 0 Å². The summed E-state index contributed by atoms with van der Waals surface area (Å²) in [4.78, 5) is 12.6. The number of aryl methyl sites for hydroxylation is 1. The minimum absolute atomic E-state index is 0.0527. The standard InChI is InChI=1S/C18H15IN4O2/c1-2-22-17(24)14-8-3-4-9-15(14)23-16(20-21-18(22)23)11-25-13-7-5-6-12(19)10-13/h3-10H,2,11H2,1H3. The normalized spacial score (nSPS) is 11.3. The van der Waals surface area contributed by atoms with Gasteiger partial charge in [-0.2, -0.15) is 0 Å². The van der Waals surface area contributed by atoms with Crippen LogP contribution in [0.3, 0.4) is 0 Å². The molecule has 2 heterocycles. The first-order valence-corrected chi connectivity index (χ1v) is 9.01. The van der Waals surface area contributed by atoms with Crippen LogP contribution in [0.25, 0.3) is 16.7 Å². The summed E-state index contributed by atoms with van der Waals surface area (Å²) >= 11 is 2.25. The number of rotatable bonds is 4. The first-order valence-electron chi connectivity index (χ1n) is 7.93. The molecule has 0 amide bonds. The van der Waals surface area contributed by atoms with Crippen LogP contribution in [0.2, 0.25) is 0 Å². The van der Waals surface area contributed by atoms with E-state index in [1.807, 2.05) is 59.9 Å². The molecular weight excluding hydrogens is 431 g/mol. The predicted molar refractivity (Wildman–Crippen MR) is 104 cm³/mol. The fourth-order valence-electron chi connectivity index (χ4n) is 2.90. The zero-order valence-corrected chi connectivity index (χ0v) is 15.7. The SMILES string of the molecule is CCn1c(=O)c2ccccc2n2c(COc3cccc(I)c3)nnc12. The Morgan fingerprint density at radius 2 is 1.96 bits per heavy atom. The zero-order chi connectivity index (χ0) is 17.4. The number of hydrogen-bond acceptors (Lipinski definition) is 4. The molecule has 2 aromatic carbocycles. The Balaban J connectivity index is 1.85. The lowest BCUT2D eigenvalue weighted by Crippen LogP contribution is -2.22. The fraction of sp³-hybridized carbons (Fsp3) is 0.167. The van der Waals surface area contributed by atoms with E-state index in [2.05, 4.69) is 32.8 Å². The maximum Gasteiger partial charge on any atom is 0.262 e. The molecule has 0 bridgehead atoms. The molecular formula is C18H15IN4O2. The van der Waals surface area contributed by atoms with E-state index in [1.54, 1.807) is 4.57 Å². The van der Waals surface area contributed by atoms with Crippen molar-refractivity contribution in [2.75, 3.05) is 0 Å². The van der Waals surface area contributed by atoms with Gasteiger partial charge in [0, 0.05) is 10.1 Å². The number of aromatic nitrogens is 4. The maximum absolute atomic E-state index is 12.6. The van der Waals surface area contributed by atoms with Gasteiger partial charge in [-0.05, 0) is 59.8 Å². The van der Waals surface area contributed by atoms with Crippen molar-refractivity contribution in [2.45, 2.75) is 20.1 Å². The highest BCUT2D eigenvalue weighted by atomic mass is 127. The van der Waals surface area contributed by atoms with E-state index in [9.17, 15) is 4.79 Å². The summed E-state index contributed by atoms with van der Waals surface area (Å²) in [6, 6.07) is 15.3. The summed E-state index contributed by atoms with van der Waals surface area (Å²) in [5, 5.41) is 9.13. The van der Waals surface area contributed by atoms with E-state index in [0.717, 1.165) is 14.8 Å². The quantitative estimate of drug-likeness (QED) is 0.452. The zero-order valence-electron chi connectivity index (χ0n) is 13.5. The monoisotopic (exact) mass is 446 g/mol. The second-order valence-electron chi connectivity index (χ2n) is 5.56. The third-order valence-corrected chi connectivity index (χ3v) is 4.73. The summed E-state index contributed by atoms with van der Waals surface area (Å²) in [5.74, 6) is 1.97. The van der Waals surface area contributed by atoms with E-state index in [-0.39, 0.29) is 12.2 Å². The molecule has 126 valence electrons. The lowest BCUT2D eigenvalue weighted by molar-refractivity contribution is 0.294. The van der Waals surface area contributed by atoms with Gasteiger partial charge < -0.3 is 4.74 Å². The Bertz CT molecular complexity index is 1130. The van der Waals surface area contributed by atoms with E-state index < -0.39 is 0 Å². The number of hydrogen-bond donors (Lipinski definition) is 0.